The number of methoxy groups -OCH3 is 1. The maximum atomic E-state index is 11.6. The Morgan fingerprint density at radius 3 is 2.42 bits per heavy atom. The number of ether oxygens (including phenoxy) is 3. The molecule has 0 aliphatic heterocycles. The van der Waals surface area contributed by atoms with E-state index in [0.717, 1.165) is 9.13 Å². The van der Waals surface area contributed by atoms with Crippen molar-refractivity contribution in [2.24, 2.45) is 0 Å². The molecule has 0 heterocycles. The Balaban J connectivity index is 2.96. The van der Waals surface area contributed by atoms with Crippen LogP contribution in [0.5, 0.6) is 11.5 Å². The SMILES string of the molecule is C=Cc1cc(I)c(OC(=O)OC(C)(C)C)cc1OC. The molecule has 0 aromatic heterocycles. The topological polar surface area (TPSA) is 44.8 Å². The fourth-order valence-electron chi connectivity index (χ4n) is 1.33. The van der Waals surface area contributed by atoms with E-state index in [1.54, 1.807) is 40.0 Å². The van der Waals surface area contributed by atoms with E-state index in [1.165, 1.54) is 0 Å². The van der Waals surface area contributed by atoms with Crippen molar-refractivity contribution in [3.05, 3.63) is 27.8 Å². The lowest BCUT2D eigenvalue weighted by molar-refractivity contribution is 0.0204. The highest BCUT2D eigenvalue weighted by Gasteiger charge is 2.19. The molecule has 0 aliphatic carbocycles. The van der Waals surface area contributed by atoms with Gasteiger partial charge in [0.1, 0.15) is 11.4 Å². The zero-order valence-electron chi connectivity index (χ0n) is 11.5. The van der Waals surface area contributed by atoms with Crippen molar-refractivity contribution in [1.29, 1.82) is 0 Å². The Kier molecular flexibility index (Phi) is 5.22. The summed E-state index contributed by atoms with van der Waals surface area (Å²) in [4.78, 5) is 11.6. The molecule has 4 nitrogen and oxygen atoms in total. The van der Waals surface area contributed by atoms with Gasteiger partial charge in [-0.25, -0.2) is 4.79 Å². The number of rotatable bonds is 3. The van der Waals surface area contributed by atoms with Crippen molar-refractivity contribution < 1.29 is 19.0 Å². The van der Waals surface area contributed by atoms with E-state index < -0.39 is 11.8 Å². The van der Waals surface area contributed by atoms with Crippen LogP contribution in [-0.2, 0) is 4.74 Å². The number of hydrogen-bond donors (Lipinski definition) is 0. The summed E-state index contributed by atoms with van der Waals surface area (Å²) in [6, 6.07) is 3.47. The lowest BCUT2D eigenvalue weighted by Crippen LogP contribution is -2.26. The molecule has 104 valence electrons. The van der Waals surface area contributed by atoms with Crippen LogP contribution in [0.2, 0.25) is 0 Å². The lowest BCUT2D eigenvalue weighted by atomic mass is 10.2. The molecule has 19 heavy (non-hydrogen) atoms. The van der Waals surface area contributed by atoms with E-state index in [4.69, 9.17) is 14.2 Å². The minimum atomic E-state index is -0.737. The van der Waals surface area contributed by atoms with Gasteiger partial charge in [-0.3, -0.25) is 0 Å². The number of benzene rings is 1. The van der Waals surface area contributed by atoms with Gasteiger partial charge >= 0.3 is 6.16 Å². The Bertz CT molecular complexity index is 489. The first-order chi connectivity index (χ1) is 8.76. The fourth-order valence-corrected chi connectivity index (χ4v) is 1.93. The molecule has 0 bridgehead atoms. The predicted molar refractivity (Wildman–Crippen MR) is 82.7 cm³/mol. The quantitative estimate of drug-likeness (QED) is 0.449. The van der Waals surface area contributed by atoms with Crippen LogP contribution >= 0.6 is 22.6 Å². The summed E-state index contributed by atoms with van der Waals surface area (Å²) >= 11 is 2.08. The summed E-state index contributed by atoms with van der Waals surface area (Å²) in [6.07, 6.45) is 0.942. The molecule has 1 aromatic carbocycles. The van der Waals surface area contributed by atoms with Gasteiger partial charge in [0, 0.05) is 11.6 Å². The second-order valence-electron chi connectivity index (χ2n) is 4.80. The van der Waals surface area contributed by atoms with Gasteiger partial charge in [-0.2, -0.15) is 0 Å². The molecule has 1 aromatic rings. The minimum Gasteiger partial charge on any atom is -0.496 e. The van der Waals surface area contributed by atoms with Crippen molar-refractivity contribution in [1.82, 2.24) is 0 Å². The standard InChI is InChI=1S/C14H17IO4/c1-6-9-7-10(15)12(8-11(9)17-5)18-13(16)19-14(2,3)4/h6-8H,1H2,2-5H3. The summed E-state index contributed by atoms with van der Waals surface area (Å²) in [6.45, 7) is 9.04. The van der Waals surface area contributed by atoms with E-state index in [-0.39, 0.29) is 0 Å². The first-order valence-corrected chi connectivity index (χ1v) is 6.75. The van der Waals surface area contributed by atoms with Gasteiger partial charge in [-0.15, -0.1) is 0 Å². The molecule has 0 saturated carbocycles. The van der Waals surface area contributed by atoms with Crippen LogP contribution in [0.25, 0.3) is 6.08 Å². The fraction of sp³-hybridized carbons (Fsp3) is 0.357. The lowest BCUT2D eigenvalue weighted by Gasteiger charge is -2.19. The predicted octanol–water partition coefficient (Wildman–Crippen LogP) is 4.26. The molecule has 0 radical (unpaired) electrons. The van der Waals surface area contributed by atoms with E-state index in [2.05, 4.69) is 29.2 Å². The second-order valence-corrected chi connectivity index (χ2v) is 5.96. The van der Waals surface area contributed by atoms with Gasteiger partial charge in [0.15, 0.2) is 5.75 Å². The summed E-state index contributed by atoms with van der Waals surface area (Å²) in [5.41, 5.74) is 0.247. The number of hydrogen-bond acceptors (Lipinski definition) is 4. The molecule has 0 spiro atoms. The summed E-state index contributed by atoms with van der Waals surface area (Å²) in [5.74, 6) is 0.992. The highest BCUT2D eigenvalue weighted by Crippen LogP contribution is 2.31. The highest BCUT2D eigenvalue weighted by atomic mass is 127. The van der Waals surface area contributed by atoms with Gasteiger partial charge in [-0.05, 0) is 49.4 Å². The molecule has 0 amide bonds. The van der Waals surface area contributed by atoms with Crippen molar-refractivity contribution in [3.8, 4) is 11.5 Å². The monoisotopic (exact) mass is 376 g/mol. The third-order valence-electron chi connectivity index (χ3n) is 2.09. The average Bonchev–Trinajstić information content (AvgIpc) is 2.28. The number of halogens is 1. The van der Waals surface area contributed by atoms with Crippen molar-refractivity contribution in [3.63, 3.8) is 0 Å². The average molecular weight is 376 g/mol. The zero-order chi connectivity index (χ0) is 14.6. The molecule has 5 heteroatoms. The van der Waals surface area contributed by atoms with Crippen LogP contribution in [0.4, 0.5) is 4.79 Å². The minimum absolute atomic E-state index is 0.400. The van der Waals surface area contributed by atoms with Crippen LogP contribution in [0.15, 0.2) is 18.7 Å². The smallest absolute Gasteiger partial charge is 0.496 e. The number of carbonyl (C=O) groups excluding carboxylic acids is 1. The summed E-state index contributed by atoms with van der Waals surface area (Å²) < 4.78 is 16.3. The van der Waals surface area contributed by atoms with Gasteiger partial charge in [0.05, 0.1) is 10.7 Å². The molecular weight excluding hydrogens is 359 g/mol. The summed E-state index contributed by atoms with van der Waals surface area (Å²) in [5, 5.41) is 0. The van der Waals surface area contributed by atoms with Crippen molar-refractivity contribution in [2.45, 2.75) is 26.4 Å². The zero-order valence-corrected chi connectivity index (χ0v) is 13.6. The molecule has 0 saturated heterocycles. The van der Waals surface area contributed by atoms with E-state index >= 15 is 0 Å². The normalized spacial score (nSPS) is 10.8. The second kappa shape index (κ2) is 6.27. The van der Waals surface area contributed by atoms with Gasteiger partial charge in [0.25, 0.3) is 0 Å². The van der Waals surface area contributed by atoms with Gasteiger partial charge in [-0.1, -0.05) is 12.7 Å². The molecule has 0 N–H and O–H groups in total. The highest BCUT2D eigenvalue weighted by molar-refractivity contribution is 14.1. The first-order valence-electron chi connectivity index (χ1n) is 5.67. The van der Waals surface area contributed by atoms with Gasteiger partial charge in [0.2, 0.25) is 0 Å². The van der Waals surface area contributed by atoms with E-state index in [0.29, 0.717) is 11.5 Å². The molecule has 1 rings (SSSR count). The van der Waals surface area contributed by atoms with Crippen molar-refractivity contribution >= 4 is 34.8 Å². The van der Waals surface area contributed by atoms with Crippen LogP contribution < -0.4 is 9.47 Å². The largest absolute Gasteiger partial charge is 0.514 e. The molecular formula is C14H17IO4. The first kappa shape index (κ1) is 15.8. The Morgan fingerprint density at radius 2 is 1.95 bits per heavy atom. The van der Waals surface area contributed by atoms with Crippen LogP contribution in [0.3, 0.4) is 0 Å². The van der Waals surface area contributed by atoms with E-state index in [9.17, 15) is 4.79 Å². The Labute approximate surface area is 126 Å². The third-order valence-corrected chi connectivity index (χ3v) is 2.93. The van der Waals surface area contributed by atoms with Crippen LogP contribution in [-0.4, -0.2) is 18.9 Å². The Morgan fingerprint density at radius 1 is 1.32 bits per heavy atom. The third kappa shape index (κ3) is 4.74. The molecule has 0 atom stereocenters. The number of carbonyl (C=O) groups is 1. The molecule has 0 unspecified atom stereocenters. The van der Waals surface area contributed by atoms with Gasteiger partial charge < -0.3 is 14.2 Å². The van der Waals surface area contributed by atoms with Crippen LogP contribution in [0, 0.1) is 3.57 Å². The molecule has 0 aliphatic rings. The maximum Gasteiger partial charge on any atom is 0.514 e. The Hall–Kier alpha value is -1.24. The maximum absolute atomic E-state index is 11.6. The molecule has 0 fully saturated rings. The summed E-state index contributed by atoms with van der Waals surface area (Å²) in [7, 11) is 1.55. The van der Waals surface area contributed by atoms with Crippen LogP contribution in [0.1, 0.15) is 26.3 Å². The van der Waals surface area contributed by atoms with Crippen molar-refractivity contribution in [2.75, 3.05) is 7.11 Å². The van der Waals surface area contributed by atoms with E-state index in [1.807, 2.05) is 6.07 Å².